The number of pyridine rings is 1. The molecule has 0 aliphatic carbocycles. The highest BCUT2D eigenvalue weighted by Gasteiger charge is 2.45. The van der Waals surface area contributed by atoms with Crippen molar-refractivity contribution < 1.29 is 23.9 Å². The molecule has 0 bridgehead atoms. The predicted molar refractivity (Wildman–Crippen MR) is 150 cm³/mol. The molecule has 1 saturated heterocycles. The van der Waals surface area contributed by atoms with Gasteiger partial charge in [-0.05, 0) is 46.0 Å². The molecule has 40 heavy (non-hydrogen) atoms. The van der Waals surface area contributed by atoms with Gasteiger partial charge in [-0.2, -0.15) is 0 Å². The number of ether oxygens (including phenoxy) is 2. The third-order valence-corrected chi connectivity index (χ3v) is 7.10. The lowest BCUT2D eigenvalue weighted by Crippen LogP contribution is -2.49. The Hall–Kier alpha value is -4.72. The van der Waals surface area contributed by atoms with Gasteiger partial charge in [0.1, 0.15) is 18.7 Å². The van der Waals surface area contributed by atoms with Crippen LogP contribution in [-0.4, -0.2) is 40.0 Å². The van der Waals surface area contributed by atoms with Crippen molar-refractivity contribution in [2.75, 3.05) is 6.61 Å². The van der Waals surface area contributed by atoms with Crippen LogP contribution in [0.4, 0.5) is 0 Å². The fraction of sp³-hybridized carbons (Fsp3) is 0.250. The minimum absolute atomic E-state index is 0.108. The molecule has 4 aromatic rings. The average molecular weight is 538 g/mol. The van der Waals surface area contributed by atoms with E-state index < -0.39 is 35.3 Å². The van der Waals surface area contributed by atoms with Crippen LogP contribution in [0.3, 0.4) is 0 Å². The van der Waals surface area contributed by atoms with Gasteiger partial charge in [0, 0.05) is 30.2 Å². The second-order valence-corrected chi connectivity index (χ2v) is 10.6. The molecule has 0 radical (unpaired) electrons. The lowest BCUT2D eigenvalue weighted by molar-refractivity contribution is -0.148. The zero-order valence-corrected chi connectivity index (χ0v) is 22.4. The highest BCUT2D eigenvalue weighted by Crippen LogP contribution is 2.30. The zero-order chi connectivity index (χ0) is 28.1. The van der Waals surface area contributed by atoms with E-state index in [9.17, 15) is 14.4 Å². The molecule has 1 fully saturated rings. The Labute approximate surface area is 233 Å². The summed E-state index contributed by atoms with van der Waals surface area (Å²) in [5, 5.41) is 2.82. The molecule has 1 amide bonds. The second kappa shape index (κ2) is 11.6. The van der Waals surface area contributed by atoms with Crippen LogP contribution < -0.4 is 5.32 Å². The molecule has 2 atom stereocenters. The van der Waals surface area contributed by atoms with Gasteiger partial charge in [-0.3, -0.25) is 14.6 Å². The Kier molecular flexibility index (Phi) is 7.77. The number of hydrogen-bond acceptors (Lipinski definition) is 6. The minimum Gasteiger partial charge on any atom is -0.463 e. The van der Waals surface area contributed by atoms with E-state index in [0.717, 1.165) is 27.8 Å². The van der Waals surface area contributed by atoms with E-state index in [1.54, 1.807) is 23.2 Å². The molecule has 204 valence electrons. The fourth-order valence-electron chi connectivity index (χ4n) is 4.70. The average Bonchev–Trinajstić information content (AvgIpc) is 3.56. The molecule has 1 N–H and O–H groups in total. The van der Waals surface area contributed by atoms with Gasteiger partial charge in [0.2, 0.25) is 5.91 Å². The number of aromatic nitrogens is 2. The number of benzene rings is 2. The molecule has 8 nitrogen and oxygen atoms in total. The van der Waals surface area contributed by atoms with Crippen LogP contribution in [0.5, 0.6) is 0 Å². The molecule has 1 aliphatic rings. The van der Waals surface area contributed by atoms with Gasteiger partial charge in [0.15, 0.2) is 0 Å². The van der Waals surface area contributed by atoms with Gasteiger partial charge in [-0.1, -0.05) is 68.4 Å². The number of carbonyl (C=O) groups excluding carboxylic acids is 3. The Morgan fingerprint density at radius 1 is 0.975 bits per heavy atom. The third kappa shape index (κ3) is 6.12. The van der Waals surface area contributed by atoms with E-state index in [2.05, 4.69) is 10.3 Å². The summed E-state index contributed by atoms with van der Waals surface area (Å²) in [7, 11) is 0. The topological polar surface area (TPSA) is 99.5 Å². The quantitative estimate of drug-likeness (QED) is 0.303. The molecular formula is C32H31N3O5. The monoisotopic (exact) mass is 537 g/mol. The Balaban J connectivity index is 1.35. The van der Waals surface area contributed by atoms with Crippen LogP contribution in [0.1, 0.15) is 31.9 Å². The van der Waals surface area contributed by atoms with Crippen molar-refractivity contribution in [2.24, 2.45) is 5.41 Å². The largest absolute Gasteiger partial charge is 0.463 e. The van der Waals surface area contributed by atoms with Crippen molar-refractivity contribution in [3.8, 4) is 22.3 Å². The zero-order valence-electron chi connectivity index (χ0n) is 22.4. The first-order valence-electron chi connectivity index (χ1n) is 13.1. The van der Waals surface area contributed by atoms with Crippen LogP contribution >= 0.6 is 0 Å². The number of amides is 1. The van der Waals surface area contributed by atoms with Gasteiger partial charge < -0.3 is 19.4 Å². The number of esters is 2. The number of rotatable bonds is 9. The van der Waals surface area contributed by atoms with Crippen molar-refractivity contribution in [2.45, 2.75) is 39.0 Å². The first-order valence-corrected chi connectivity index (χ1v) is 13.1. The molecular weight excluding hydrogens is 506 g/mol. The van der Waals surface area contributed by atoms with Gasteiger partial charge >= 0.3 is 11.9 Å². The summed E-state index contributed by atoms with van der Waals surface area (Å²) in [6, 6.07) is 21.5. The smallest absolute Gasteiger partial charge is 0.329 e. The van der Waals surface area contributed by atoms with Gasteiger partial charge in [-0.15, -0.1) is 0 Å². The van der Waals surface area contributed by atoms with Crippen LogP contribution in [0.15, 0.2) is 97.6 Å². The van der Waals surface area contributed by atoms with E-state index in [-0.39, 0.29) is 19.6 Å². The maximum atomic E-state index is 13.5. The summed E-state index contributed by atoms with van der Waals surface area (Å²) in [6.45, 7) is 4.03. The van der Waals surface area contributed by atoms with Crippen molar-refractivity contribution >= 4 is 17.8 Å². The molecule has 0 spiro atoms. The van der Waals surface area contributed by atoms with Crippen LogP contribution in [0.2, 0.25) is 0 Å². The molecule has 8 heteroatoms. The molecule has 0 saturated carbocycles. The van der Waals surface area contributed by atoms with Crippen molar-refractivity contribution in [1.29, 1.82) is 0 Å². The highest BCUT2D eigenvalue weighted by molar-refractivity contribution is 5.90. The highest BCUT2D eigenvalue weighted by atomic mass is 16.5. The SMILES string of the molecule is CC1(C)COC(=O)C1NC(=O)C(CC(=O)OCc1ccccc1)n1ccc(-c2ccc(-c3ccncc3)cc2)c1. The third-order valence-electron chi connectivity index (χ3n) is 7.10. The normalized spacial score (nSPS) is 16.6. The van der Waals surface area contributed by atoms with E-state index >= 15 is 0 Å². The first kappa shape index (κ1) is 26.9. The molecule has 2 unspecified atom stereocenters. The molecule has 3 heterocycles. The number of nitrogens with zero attached hydrogens (tertiary/aromatic N) is 2. The van der Waals surface area contributed by atoms with E-state index in [0.29, 0.717) is 0 Å². The van der Waals surface area contributed by atoms with Gasteiger partial charge in [0.25, 0.3) is 0 Å². The summed E-state index contributed by atoms with van der Waals surface area (Å²) >= 11 is 0. The lowest BCUT2D eigenvalue weighted by Gasteiger charge is -2.25. The summed E-state index contributed by atoms with van der Waals surface area (Å²) in [5.41, 5.74) is 4.27. The number of cyclic esters (lactones) is 1. The van der Waals surface area contributed by atoms with Crippen LogP contribution in [0.25, 0.3) is 22.3 Å². The van der Waals surface area contributed by atoms with Crippen molar-refractivity contribution in [1.82, 2.24) is 14.9 Å². The van der Waals surface area contributed by atoms with Crippen LogP contribution in [0, 0.1) is 5.41 Å². The summed E-state index contributed by atoms with van der Waals surface area (Å²) in [4.78, 5) is 42.8. The minimum atomic E-state index is -0.919. The Bertz CT molecular complexity index is 1480. The van der Waals surface area contributed by atoms with Gasteiger partial charge in [-0.25, -0.2) is 4.79 Å². The number of nitrogens with one attached hydrogen (secondary N) is 1. The van der Waals surface area contributed by atoms with Crippen molar-refractivity contribution in [3.63, 3.8) is 0 Å². The number of hydrogen-bond donors (Lipinski definition) is 1. The molecule has 1 aliphatic heterocycles. The maximum Gasteiger partial charge on any atom is 0.329 e. The van der Waals surface area contributed by atoms with Gasteiger partial charge in [0.05, 0.1) is 13.0 Å². The molecule has 2 aromatic carbocycles. The lowest BCUT2D eigenvalue weighted by atomic mass is 9.87. The van der Waals surface area contributed by atoms with E-state index in [1.165, 1.54) is 0 Å². The summed E-state index contributed by atoms with van der Waals surface area (Å²) in [5.74, 6) is -1.45. The van der Waals surface area contributed by atoms with E-state index in [1.807, 2.05) is 92.8 Å². The maximum absolute atomic E-state index is 13.5. The summed E-state index contributed by atoms with van der Waals surface area (Å²) in [6.07, 6.45) is 6.90. The predicted octanol–water partition coefficient (Wildman–Crippen LogP) is 4.96. The fourth-order valence-corrected chi connectivity index (χ4v) is 4.70. The number of carbonyl (C=O) groups is 3. The second-order valence-electron chi connectivity index (χ2n) is 10.6. The molecule has 5 rings (SSSR count). The standard InChI is InChI=1S/C32H31N3O5/c1-32(2)21-40-31(38)29(32)34-30(37)27(18-28(36)39-20-22-6-4-3-5-7-22)35-17-14-26(19-35)24-10-8-23(9-11-24)25-12-15-33-16-13-25/h3-17,19,27,29H,18,20-21H2,1-2H3,(H,34,37). The van der Waals surface area contributed by atoms with E-state index in [4.69, 9.17) is 9.47 Å². The molecule has 2 aromatic heterocycles. The first-order chi connectivity index (χ1) is 19.3. The Morgan fingerprint density at radius 2 is 1.62 bits per heavy atom. The van der Waals surface area contributed by atoms with Crippen LogP contribution in [-0.2, 0) is 30.5 Å². The van der Waals surface area contributed by atoms with Crippen molar-refractivity contribution in [3.05, 3.63) is 103 Å². The Morgan fingerprint density at radius 3 is 2.27 bits per heavy atom. The summed E-state index contributed by atoms with van der Waals surface area (Å²) < 4.78 is 12.4.